The molecule has 0 unspecified atom stereocenters. The summed E-state index contributed by atoms with van der Waals surface area (Å²) >= 11 is 11.6. The van der Waals surface area contributed by atoms with Gasteiger partial charge in [0.15, 0.2) is 0 Å². The van der Waals surface area contributed by atoms with Gasteiger partial charge in [0.2, 0.25) is 0 Å². The smallest absolute Gasteiger partial charge is 0.409 e. The van der Waals surface area contributed by atoms with Gasteiger partial charge in [-0.2, -0.15) is 10.3 Å². The van der Waals surface area contributed by atoms with Crippen LogP contribution in [0.2, 0.25) is 10.0 Å². The van der Waals surface area contributed by atoms with Crippen molar-refractivity contribution < 1.29 is 27.4 Å². The van der Waals surface area contributed by atoms with Gasteiger partial charge in [-0.3, -0.25) is 9.59 Å². The second-order valence-corrected chi connectivity index (χ2v) is 11.6. The predicted molar refractivity (Wildman–Crippen MR) is 158 cm³/mol. The number of ether oxygens (including phenoxy) is 1. The van der Waals surface area contributed by atoms with Gasteiger partial charge < -0.3 is 24.0 Å². The fraction of sp³-hybridized carbons (Fsp3) is 0.367. The van der Waals surface area contributed by atoms with Crippen LogP contribution < -0.4 is 16.4 Å². The summed E-state index contributed by atoms with van der Waals surface area (Å²) in [5.74, 6) is 0.337. The molecule has 3 N–H and O–H groups in total. The Hall–Kier alpha value is -3.87. The zero-order valence-electron chi connectivity index (χ0n) is 23.6. The van der Waals surface area contributed by atoms with E-state index >= 15 is 0 Å². The van der Waals surface area contributed by atoms with Crippen LogP contribution in [0.4, 0.5) is 13.6 Å². The Bertz CT molecular complexity index is 1720. The number of piperidine rings is 2. The Morgan fingerprint density at radius 3 is 1.95 bits per heavy atom. The number of carbonyl (C=O) groups excluding carboxylic acids is 1. The average molecular weight is 651 g/mol. The highest BCUT2D eigenvalue weighted by Gasteiger charge is 2.36. The lowest BCUT2D eigenvalue weighted by molar-refractivity contribution is 0.0804. The third-order valence-corrected chi connectivity index (χ3v) is 8.44. The molecule has 4 aromatic rings. The number of H-pyrrole nitrogens is 2. The lowest BCUT2D eigenvalue weighted by atomic mass is 9.85. The molecule has 2 saturated heterocycles. The van der Waals surface area contributed by atoms with Gasteiger partial charge in [-0.05, 0) is 56.5 Å². The van der Waals surface area contributed by atoms with Crippen molar-refractivity contribution in [2.75, 3.05) is 20.2 Å². The number of nitrogens with zero attached hydrogens (tertiary/aromatic N) is 1. The van der Waals surface area contributed by atoms with Gasteiger partial charge >= 0.3 is 6.09 Å². The lowest BCUT2D eigenvalue weighted by Gasteiger charge is -2.38. The Kier molecular flexibility index (Phi) is 9.92. The van der Waals surface area contributed by atoms with Crippen molar-refractivity contribution in [3.05, 3.63) is 114 Å². The summed E-state index contributed by atoms with van der Waals surface area (Å²) in [6.45, 7) is 1.10. The first-order valence-electron chi connectivity index (χ1n) is 14.0. The number of nitrogens with one attached hydrogen (secondary N) is 3. The van der Waals surface area contributed by atoms with E-state index in [-0.39, 0.29) is 39.8 Å². The van der Waals surface area contributed by atoms with Crippen molar-refractivity contribution >= 4 is 29.3 Å². The van der Waals surface area contributed by atoms with Crippen molar-refractivity contribution in [3.63, 3.8) is 0 Å². The number of carbonyl (C=O) groups is 1. The summed E-state index contributed by atoms with van der Waals surface area (Å²) in [6, 6.07) is 11.3. The normalized spacial score (nSPS) is 21.8. The van der Waals surface area contributed by atoms with Crippen molar-refractivity contribution in [1.29, 1.82) is 0 Å². The number of hydrogen-bond acceptors (Lipinski definition) is 7. The lowest BCUT2D eigenvalue weighted by Crippen LogP contribution is -2.40. The first kappa shape index (κ1) is 31.6. The van der Waals surface area contributed by atoms with Gasteiger partial charge in [-0.15, -0.1) is 0 Å². The molecule has 0 spiro atoms. The molecule has 2 aromatic heterocycles. The van der Waals surface area contributed by atoms with Crippen LogP contribution >= 0.6 is 23.2 Å². The molecule has 0 radical (unpaired) electrons. The minimum atomic E-state index is -0.534. The number of halogens is 4. The van der Waals surface area contributed by atoms with Crippen LogP contribution in [0, 0.1) is 11.6 Å². The first-order valence-corrected chi connectivity index (χ1v) is 14.7. The largest absolute Gasteiger partial charge is 0.453 e. The molecular formula is C30H30Cl2F2N4O6. The van der Waals surface area contributed by atoms with Gasteiger partial charge in [-0.1, -0.05) is 35.3 Å². The van der Waals surface area contributed by atoms with E-state index in [1.165, 1.54) is 36.3 Å². The molecule has 0 bridgehead atoms. The molecule has 234 valence electrons. The van der Waals surface area contributed by atoms with Crippen molar-refractivity contribution in [1.82, 2.24) is 20.5 Å². The van der Waals surface area contributed by atoms with E-state index in [0.29, 0.717) is 53.5 Å². The maximum Gasteiger partial charge on any atom is 0.409 e. The molecule has 1 amide bonds. The number of methoxy groups -OCH3 is 1. The van der Waals surface area contributed by atoms with Crippen LogP contribution in [0.1, 0.15) is 72.3 Å². The number of benzene rings is 2. The second kappa shape index (κ2) is 13.8. The summed E-state index contributed by atoms with van der Waals surface area (Å²) < 4.78 is 43.5. The highest BCUT2D eigenvalue weighted by Crippen LogP contribution is 2.40. The highest BCUT2D eigenvalue weighted by atomic mass is 35.5. The zero-order valence-corrected chi connectivity index (χ0v) is 25.1. The van der Waals surface area contributed by atoms with E-state index in [2.05, 4.69) is 15.6 Å². The van der Waals surface area contributed by atoms with E-state index in [1.807, 2.05) is 0 Å². The number of rotatable bonds is 4. The summed E-state index contributed by atoms with van der Waals surface area (Å²) in [5, 5.41) is 8.51. The number of hydrogen-bond donors (Lipinski definition) is 3. The van der Waals surface area contributed by atoms with E-state index in [9.17, 15) is 23.2 Å². The maximum atomic E-state index is 14.4. The molecule has 0 saturated carbocycles. The van der Waals surface area contributed by atoms with E-state index in [4.69, 9.17) is 37.0 Å². The predicted octanol–water partition coefficient (Wildman–Crippen LogP) is 6.42. The Morgan fingerprint density at radius 1 is 0.864 bits per heavy atom. The molecule has 2 aliphatic heterocycles. The Balaban J connectivity index is 0.000000177. The third kappa shape index (κ3) is 7.25. The fourth-order valence-electron chi connectivity index (χ4n) is 5.82. The second-order valence-electron chi connectivity index (χ2n) is 10.7. The van der Waals surface area contributed by atoms with Crippen molar-refractivity contribution in [2.24, 2.45) is 0 Å². The number of aromatic amines is 2. The Morgan fingerprint density at radius 2 is 1.43 bits per heavy atom. The van der Waals surface area contributed by atoms with Crippen molar-refractivity contribution in [2.45, 2.75) is 49.6 Å². The molecule has 44 heavy (non-hydrogen) atoms. The van der Waals surface area contributed by atoms with Gasteiger partial charge in [0.1, 0.15) is 23.2 Å². The number of amides is 1. The van der Waals surface area contributed by atoms with E-state index < -0.39 is 18.0 Å². The molecule has 4 atom stereocenters. The van der Waals surface area contributed by atoms with Gasteiger partial charge in [0.25, 0.3) is 11.1 Å². The van der Waals surface area contributed by atoms with Crippen LogP contribution in [0.3, 0.4) is 0 Å². The SMILES string of the molecule is COC(=O)N1CC[C@H](c2cc(=O)[nH]o2)C[C@@H]1c1ccc(Cl)cc1F.O=c1cc([C@H]2CCN[C@@H](c3ccc(Cl)cc3F)C2)o[nH]1. The Labute approximate surface area is 260 Å². The van der Waals surface area contributed by atoms with Gasteiger partial charge in [0.05, 0.1) is 13.2 Å². The van der Waals surface area contributed by atoms with E-state index in [0.717, 1.165) is 13.0 Å². The van der Waals surface area contributed by atoms with Crippen LogP contribution in [0.5, 0.6) is 0 Å². The number of aromatic nitrogens is 2. The number of likely N-dealkylation sites (tertiary alicyclic amines) is 1. The fourth-order valence-corrected chi connectivity index (χ4v) is 6.14. The standard InChI is InChI=1S/C16H16ClFN2O4.C14H14ClFN2O2/c1-23-16(22)20-5-4-9(14-8-15(21)19-24-14)6-13(20)11-3-2-10(17)7-12(11)18;15-9-1-2-10(11(16)6-9)12-5-8(3-4-17-12)13-7-14(19)18-20-13/h2-3,7-9,13H,4-6H2,1H3,(H,19,21);1-2,6-8,12,17H,3-5H2,(H,18,19)/t9-,13+;8-,12+/m00/s1. The maximum absolute atomic E-state index is 14.4. The molecule has 14 heteroatoms. The third-order valence-electron chi connectivity index (χ3n) is 7.97. The molecule has 0 aliphatic carbocycles. The summed E-state index contributed by atoms with van der Waals surface area (Å²) in [4.78, 5) is 36.0. The van der Waals surface area contributed by atoms with Crippen LogP contribution in [0.15, 0.2) is 67.2 Å². The van der Waals surface area contributed by atoms with Gasteiger partial charge in [0, 0.05) is 57.7 Å². The van der Waals surface area contributed by atoms with Crippen LogP contribution in [-0.4, -0.2) is 41.5 Å². The zero-order chi connectivity index (χ0) is 31.4. The molecule has 6 rings (SSSR count). The summed E-state index contributed by atoms with van der Waals surface area (Å²) in [5.41, 5.74) is 0.381. The molecule has 2 fully saturated rings. The van der Waals surface area contributed by atoms with Crippen LogP contribution in [0.25, 0.3) is 0 Å². The molecule has 10 nitrogen and oxygen atoms in total. The minimum Gasteiger partial charge on any atom is -0.453 e. The molecule has 4 heterocycles. The minimum absolute atomic E-state index is 0.105. The van der Waals surface area contributed by atoms with Crippen LogP contribution in [-0.2, 0) is 4.74 Å². The molecular weight excluding hydrogens is 621 g/mol. The van der Waals surface area contributed by atoms with Gasteiger partial charge in [-0.25, -0.2) is 13.6 Å². The summed E-state index contributed by atoms with van der Waals surface area (Å²) in [7, 11) is 1.29. The van der Waals surface area contributed by atoms with E-state index in [1.54, 1.807) is 24.3 Å². The first-order chi connectivity index (χ1) is 21.1. The summed E-state index contributed by atoms with van der Waals surface area (Å²) in [6.07, 6.45) is 2.00. The monoisotopic (exact) mass is 650 g/mol. The quantitative estimate of drug-likeness (QED) is 0.232. The van der Waals surface area contributed by atoms with Crippen molar-refractivity contribution in [3.8, 4) is 0 Å². The highest BCUT2D eigenvalue weighted by molar-refractivity contribution is 6.30. The molecule has 2 aliphatic rings. The average Bonchev–Trinajstić information content (AvgIpc) is 3.65. The molecule has 2 aromatic carbocycles. The topological polar surface area (TPSA) is 134 Å².